The molecule has 1 aromatic carbocycles. The Morgan fingerprint density at radius 1 is 1.45 bits per heavy atom. The number of nitro groups is 1. The minimum Gasteiger partial charge on any atom is -0.382 e. The van der Waals surface area contributed by atoms with Crippen LogP contribution in [0.4, 0.5) is 11.4 Å². The number of nitrogens with one attached hydrogen (secondary N) is 1. The van der Waals surface area contributed by atoms with Crippen molar-refractivity contribution in [1.82, 2.24) is 0 Å². The Morgan fingerprint density at radius 3 is 2.70 bits per heavy atom. The lowest BCUT2D eigenvalue weighted by atomic mass is 9.70. The Hall–Kier alpha value is -1.29. The SMILES string of the molecule is CC1CC(C)(C)CCC1Nc1ccc([N+](=O)[O-])c(Cl)c1. The molecule has 110 valence electrons. The maximum Gasteiger partial charge on any atom is 0.288 e. The van der Waals surface area contributed by atoms with Crippen LogP contribution in [0.2, 0.25) is 5.02 Å². The molecule has 4 nitrogen and oxygen atoms in total. The monoisotopic (exact) mass is 296 g/mol. The molecule has 0 amide bonds. The summed E-state index contributed by atoms with van der Waals surface area (Å²) in [5, 5.41) is 14.4. The van der Waals surface area contributed by atoms with E-state index in [0.717, 1.165) is 12.1 Å². The van der Waals surface area contributed by atoms with Crippen LogP contribution in [0.5, 0.6) is 0 Å². The average Bonchev–Trinajstić information content (AvgIpc) is 2.32. The fraction of sp³-hybridized carbons (Fsp3) is 0.600. The predicted molar refractivity (Wildman–Crippen MR) is 82.3 cm³/mol. The fourth-order valence-corrected chi connectivity index (χ4v) is 3.37. The van der Waals surface area contributed by atoms with Crippen molar-refractivity contribution in [2.45, 2.75) is 46.1 Å². The van der Waals surface area contributed by atoms with E-state index < -0.39 is 4.92 Å². The Bertz CT molecular complexity index is 517. The maximum atomic E-state index is 10.7. The fourth-order valence-electron chi connectivity index (χ4n) is 3.12. The van der Waals surface area contributed by atoms with E-state index in [2.05, 4.69) is 26.1 Å². The molecule has 2 unspecified atom stereocenters. The molecule has 1 aromatic rings. The summed E-state index contributed by atoms with van der Waals surface area (Å²) < 4.78 is 0. The number of rotatable bonds is 3. The molecule has 2 atom stereocenters. The van der Waals surface area contributed by atoms with Gasteiger partial charge < -0.3 is 5.32 Å². The molecular weight excluding hydrogens is 276 g/mol. The van der Waals surface area contributed by atoms with E-state index in [1.54, 1.807) is 12.1 Å². The predicted octanol–water partition coefficient (Wildman–Crippen LogP) is 4.87. The molecule has 1 N–H and O–H groups in total. The summed E-state index contributed by atoms with van der Waals surface area (Å²) in [5.74, 6) is 0.577. The van der Waals surface area contributed by atoms with E-state index in [0.29, 0.717) is 17.4 Å². The molecule has 1 saturated carbocycles. The quantitative estimate of drug-likeness (QED) is 0.639. The summed E-state index contributed by atoms with van der Waals surface area (Å²) in [4.78, 5) is 10.3. The van der Waals surface area contributed by atoms with Gasteiger partial charge in [-0.1, -0.05) is 32.4 Å². The van der Waals surface area contributed by atoms with Gasteiger partial charge in [0.05, 0.1) is 4.92 Å². The first-order valence-electron chi connectivity index (χ1n) is 6.99. The van der Waals surface area contributed by atoms with Gasteiger partial charge >= 0.3 is 0 Å². The van der Waals surface area contributed by atoms with Gasteiger partial charge in [-0.05, 0) is 42.7 Å². The summed E-state index contributed by atoms with van der Waals surface area (Å²) in [6, 6.07) is 5.24. The first-order chi connectivity index (χ1) is 9.28. The van der Waals surface area contributed by atoms with Gasteiger partial charge in [0.1, 0.15) is 5.02 Å². The molecule has 5 heteroatoms. The summed E-state index contributed by atoms with van der Waals surface area (Å²) in [7, 11) is 0. The van der Waals surface area contributed by atoms with Crippen LogP contribution in [0.1, 0.15) is 40.0 Å². The van der Waals surface area contributed by atoms with Crippen molar-refractivity contribution in [3.63, 3.8) is 0 Å². The first-order valence-corrected chi connectivity index (χ1v) is 7.37. The van der Waals surface area contributed by atoms with E-state index in [4.69, 9.17) is 11.6 Å². The smallest absolute Gasteiger partial charge is 0.288 e. The van der Waals surface area contributed by atoms with Crippen LogP contribution in [-0.2, 0) is 0 Å². The van der Waals surface area contributed by atoms with E-state index in [1.165, 1.54) is 18.9 Å². The standard InChI is InChI=1S/C15H21ClN2O2/c1-10-9-15(2,3)7-6-13(10)17-11-4-5-14(18(19)20)12(16)8-11/h4-5,8,10,13,17H,6-7,9H2,1-3H3. The van der Waals surface area contributed by atoms with Crippen LogP contribution in [0.25, 0.3) is 0 Å². The van der Waals surface area contributed by atoms with Crippen LogP contribution < -0.4 is 5.32 Å². The van der Waals surface area contributed by atoms with E-state index in [-0.39, 0.29) is 10.7 Å². The lowest BCUT2D eigenvalue weighted by molar-refractivity contribution is -0.384. The highest BCUT2D eigenvalue weighted by Crippen LogP contribution is 2.40. The van der Waals surface area contributed by atoms with Crippen LogP contribution >= 0.6 is 11.6 Å². The molecule has 0 saturated heterocycles. The van der Waals surface area contributed by atoms with Crippen LogP contribution in [0.3, 0.4) is 0 Å². The van der Waals surface area contributed by atoms with Crippen molar-refractivity contribution in [3.05, 3.63) is 33.3 Å². The largest absolute Gasteiger partial charge is 0.382 e. The molecule has 0 aliphatic heterocycles. The van der Waals surface area contributed by atoms with Crippen molar-refractivity contribution < 1.29 is 4.92 Å². The van der Waals surface area contributed by atoms with E-state index in [1.807, 2.05) is 0 Å². The average molecular weight is 297 g/mol. The Labute approximate surface area is 124 Å². The van der Waals surface area contributed by atoms with Crippen LogP contribution in [0, 0.1) is 21.4 Å². The summed E-state index contributed by atoms with van der Waals surface area (Å²) in [5.41, 5.74) is 1.22. The number of benzene rings is 1. The molecule has 1 aliphatic carbocycles. The van der Waals surface area contributed by atoms with Gasteiger partial charge in [0, 0.05) is 17.8 Å². The molecule has 0 bridgehead atoms. The number of anilines is 1. The number of hydrogen-bond donors (Lipinski definition) is 1. The van der Waals surface area contributed by atoms with Gasteiger partial charge in [-0.15, -0.1) is 0 Å². The van der Waals surface area contributed by atoms with Gasteiger partial charge in [-0.25, -0.2) is 0 Å². The molecule has 0 heterocycles. The minimum atomic E-state index is -0.460. The third-order valence-corrected chi connectivity index (χ3v) is 4.49. The zero-order valence-corrected chi connectivity index (χ0v) is 12.9. The third kappa shape index (κ3) is 3.42. The van der Waals surface area contributed by atoms with Crippen LogP contribution in [-0.4, -0.2) is 11.0 Å². The molecule has 1 fully saturated rings. The third-order valence-electron chi connectivity index (χ3n) is 4.19. The zero-order valence-electron chi connectivity index (χ0n) is 12.1. The summed E-state index contributed by atoms with van der Waals surface area (Å²) >= 11 is 5.94. The second-order valence-electron chi connectivity index (χ2n) is 6.56. The van der Waals surface area contributed by atoms with Gasteiger partial charge in [0.25, 0.3) is 5.69 Å². The lowest BCUT2D eigenvalue weighted by Gasteiger charge is -2.40. The Balaban J connectivity index is 2.07. The van der Waals surface area contributed by atoms with Gasteiger partial charge in [0.15, 0.2) is 0 Å². The molecule has 0 aromatic heterocycles. The zero-order chi connectivity index (χ0) is 14.9. The van der Waals surface area contributed by atoms with Crippen molar-refractivity contribution in [2.75, 3.05) is 5.32 Å². The van der Waals surface area contributed by atoms with E-state index in [9.17, 15) is 10.1 Å². The molecule has 20 heavy (non-hydrogen) atoms. The second kappa shape index (κ2) is 5.60. The van der Waals surface area contributed by atoms with Crippen molar-refractivity contribution >= 4 is 23.0 Å². The van der Waals surface area contributed by atoms with Crippen molar-refractivity contribution in [3.8, 4) is 0 Å². The number of nitrogens with zero attached hydrogens (tertiary/aromatic N) is 1. The minimum absolute atomic E-state index is 0.0463. The van der Waals surface area contributed by atoms with Crippen molar-refractivity contribution in [2.24, 2.45) is 11.3 Å². The van der Waals surface area contributed by atoms with Crippen molar-refractivity contribution in [1.29, 1.82) is 0 Å². The first kappa shape index (κ1) is 15.1. The summed E-state index contributed by atoms with van der Waals surface area (Å²) in [6.45, 7) is 6.87. The van der Waals surface area contributed by atoms with Gasteiger partial charge in [0.2, 0.25) is 0 Å². The Kier molecular flexibility index (Phi) is 4.23. The molecule has 0 spiro atoms. The highest BCUT2D eigenvalue weighted by molar-refractivity contribution is 6.32. The van der Waals surface area contributed by atoms with Gasteiger partial charge in [-0.3, -0.25) is 10.1 Å². The number of hydrogen-bond acceptors (Lipinski definition) is 3. The van der Waals surface area contributed by atoms with Gasteiger partial charge in [-0.2, -0.15) is 0 Å². The van der Waals surface area contributed by atoms with Crippen LogP contribution in [0.15, 0.2) is 18.2 Å². The molecule has 0 radical (unpaired) electrons. The topological polar surface area (TPSA) is 55.2 Å². The second-order valence-corrected chi connectivity index (χ2v) is 6.97. The highest BCUT2D eigenvalue weighted by Gasteiger charge is 2.32. The molecular formula is C15H21ClN2O2. The lowest BCUT2D eigenvalue weighted by Crippen LogP contribution is -2.36. The Morgan fingerprint density at radius 2 is 2.15 bits per heavy atom. The number of halogens is 1. The molecule has 2 rings (SSSR count). The molecule has 1 aliphatic rings. The number of nitro benzene ring substituents is 1. The normalized spacial score (nSPS) is 25.2. The maximum absolute atomic E-state index is 10.7. The van der Waals surface area contributed by atoms with E-state index >= 15 is 0 Å². The summed E-state index contributed by atoms with van der Waals surface area (Å²) in [6.07, 6.45) is 3.49. The highest BCUT2D eigenvalue weighted by atomic mass is 35.5.